The topological polar surface area (TPSA) is 42.2 Å². The van der Waals surface area contributed by atoms with Gasteiger partial charge in [0.25, 0.3) is 0 Å². The van der Waals surface area contributed by atoms with Crippen molar-refractivity contribution >= 4 is 11.6 Å². The quantitative estimate of drug-likeness (QED) is 0.878. The average Bonchev–Trinajstić information content (AvgIpc) is 2.88. The Labute approximate surface area is 101 Å². The molecule has 90 valence electrons. The molecule has 1 N–H and O–H groups in total. The molecule has 4 nitrogen and oxygen atoms in total. The van der Waals surface area contributed by atoms with Crippen LogP contribution < -0.4 is 5.32 Å². The van der Waals surface area contributed by atoms with Gasteiger partial charge in [0, 0.05) is 12.2 Å². The number of nitrogens with one attached hydrogen (secondary N) is 1. The van der Waals surface area contributed by atoms with Gasteiger partial charge in [-0.3, -0.25) is 0 Å². The molecule has 2 aromatic rings. The summed E-state index contributed by atoms with van der Waals surface area (Å²) in [6, 6.07) is 4.66. The molecular formula is C13H18N4. The molecule has 1 aliphatic rings. The molecule has 2 heterocycles. The number of hydrogen-bond acceptors (Lipinski definition) is 3. The van der Waals surface area contributed by atoms with E-state index in [-0.39, 0.29) is 0 Å². The Morgan fingerprint density at radius 3 is 3.18 bits per heavy atom. The Bertz CT molecular complexity index is 531. The van der Waals surface area contributed by atoms with Crippen LogP contribution in [-0.2, 0) is 0 Å². The van der Waals surface area contributed by atoms with E-state index in [1.54, 1.807) is 0 Å². The van der Waals surface area contributed by atoms with E-state index in [1.165, 1.54) is 24.8 Å². The molecule has 3 rings (SSSR count). The Balaban J connectivity index is 1.74. The van der Waals surface area contributed by atoms with E-state index in [9.17, 15) is 0 Å². The van der Waals surface area contributed by atoms with Crippen LogP contribution in [0.25, 0.3) is 5.65 Å². The number of pyridine rings is 1. The van der Waals surface area contributed by atoms with Crippen molar-refractivity contribution < 1.29 is 0 Å². The maximum atomic E-state index is 4.47. The lowest BCUT2D eigenvalue weighted by Crippen LogP contribution is -2.06. The van der Waals surface area contributed by atoms with Crippen LogP contribution in [0, 0.1) is 12.8 Å². The zero-order chi connectivity index (χ0) is 11.8. The minimum absolute atomic E-state index is 0.591. The molecule has 0 spiro atoms. The van der Waals surface area contributed by atoms with Gasteiger partial charge in [0.15, 0.2) is 5.65 Å². The highest BCUT2D eigenvalue weighted by Crippen LogP contribution is 2.36. The van der Waals surface area contributed by atoms with Gasteiger partial charge in [0.1, 0.15) is 0 Å². The van der Waals surface area contributed by atoms with Gasteiger partial charge in [-0.15, -0.1) is 5.10 Å². The van der Waals surface area contributed by atoms with Crippen LogP contribution in [0.2, 0.25) is 0 Å². The van der Waals surface area contributed by atoms with Gasteiger partial charge in [-0.25, -0.2) is 4.52 Å². The number of anilines is 1. The van der Waals surface area contributed by atoms with Crippen molar-refractivity contribution in [2.45, 2.75) is 39.2 Å². The van der Waals surface area contributed by atoms with Crippen LogP contribution in [0.5, 0.6) is 0 Å². The predicted octanol–water partition coefficient (Wildman–Crippen LogP) is 2.64. The molecule has 4 heteroatoms. The monoisotopic (exact) mass is 230 g/mol. The number of aryl methyl sites for hydroxylation is 1. The summed E-state index contributed by atoms with van der Waals surface area (Å²) in [4.78, 5) is 4.47. The third-order valence-electron chi connectivity index (χ3n) is 3.38. The summed E-state index contributed by atoms with van der Waals surface area (Å²) in [7, 11) is 0. The molecule has 0 saturated heterocycles. The Morgan fingerprint density at radius 1 is 1.47 bits per heavy atom. The van der Waals surface area contributed by atoms with Crippen LogP contribution in [0.4, 0.5) is 5.95 Å². The van der Waals surface area contributed by atoms with Gasteiger partial charge in [-0.1, -0.05) is 19.4 Å². The molecule has 0 radical (unpaired) electrons. The van der Waals surface area contributed by atoms with Crippen LogP contribution in [0.15, 0.2) is 18.3 Å². The summed E-state index contributed by atoms with van der Waals surface area (Å²) < 4.78 is 1.84. The third-order valence-corrected chi connectivity index (χ3v) is 3.38. The SMILES string of the molecule is CCCC1CC1Nc1nc2ccc(C)cn2n1. The lowest BCUT2D eigenvalue weighted by Gasteiger charge is -1.98. The summed E-state index contributed by atoms with van der Waals surface area (Å²) in [5, 5.41) is 7.86. The summed E-state index contributed by atoms with van der Waals surface area (Å²) in [5.41, 5.74) is 2.11. The molecule has 2 unspecified atom stereocenters. The normalized spacial score (nSPS) is 22.9. The fourth-order valence-corrected chi connectivity index (χ4v) is 2.33. The number of nitrogens with zero attached hydrogens (tertiary/aromatic N) is 3. The van der Waals surface area contributed by atoms with Crippen LogP contribution in [0.3, 0.4) is 0 Å². The highest BCUT2D eigenvalue weighted by Gasteiger charge is 2.36. The first-order valence-corrected chi connectivity index (χ1v) is 6.36. The fraction of sp³-hybridized carbons (Fsp3) is 0.538. The summed E-state index contributed by atoms with van der Waals surface area (Å²) in [6.45, 7) is 4.30. The molecule has 2 aromatic heterocycles. The zero-order valence-corrected chi connectivity index (χ0v) is 10.3. The van der Waals surface area contributed by atoms with E-state index in [2.05, 4.69) is 35.3 Å². The number of rotatable bonds is 4. The Morgan fingerprint density at radius 2 is 2.35 bits per heavy atom. The van der Waals surface area contributed by atoms with Gasteiger partial charge >= 0.3 is 0 Å². The van der Waals surface area contributed by atoms with Gasteiger partial charge in [0.05, 0.1) is 0 Å². The second kappa shape index (κ2) is 4.02. The van der Waals surface area contributed by atoms with Crippen LogP contribution >= 0.6 is 0 Å². The number of hydrogen-bond donors (Lipinski definition) is 1. The van der Waals surface area contributed by atoms with Crippen LogP contribution in [0.1, 0.15) is 31.7 Å². The molecule has 0 amide bonds. The number of aromatic nitrogens is 3. The second-order valence-electron chi connectivity index (χ2n) is 4.98. The van der Waals surface area contributed by atoms with E-state index in [0.29, 0.717) is 6.04 Å². The van der Waals surface area contributed by atoms with Gasteiger partial charge in [-0.05, 0) is 37.3 Å². The van der Waals surface area contributed by atoms with E-state index in [0.717, 1.165) is 17.5 Å². The highest BCUT2D eigenvalue weighted by atomic mass is 15.4. The minimum Gasteiger partial charge on any atom is -0.350 e. The van der Waals surface area contributed by atoms with Crippen molar-refractivity contribution in [3.05, 3.63) is 23.9 Å². The van der Waals surface area contributed by atoms with Crippen molar-refractivity contribution in [1.29, 1.82) is 0 Å². The van der Waals surface area contributed by atoms with Gasteiger partial charge < -0.3 is 5.32 Å². The first-order chi connectivity index (χ1) is 8.26. The summed E-state index contributed by atoms with van der Waals surface area (Å²) in [6.07, 6.45) is 5.84. The van der Waals surface area contributed by atoms with Gasteiger partial charge in [0.2, 0.25) is 5.95 Å². The molecule has 2 atom stereocenters. The number of fused-ring (bicyclic) bond motifs is 1. The largest absolute Gasteiger partial charge is 0.350 e. The standard InChI is InChI=1S/C13H18N4/c1-3-4-10-7-11(10)14-13-15-12-6-5-9(2)8-17(12)16-13/h5-6,8,10-11H,3-4,7H2,1-2H3,(H,14,16). The van der Waals surface area contributed by atoms with E-state index in [1.807, 2.05) is 16.8 Å². The van der Waals surface area contributed by atoms with Gasteiger partial charge in [-0.2, -0.15) is 4.98 Å². The second-order valence-corrected chi connectivity index (χ2v) is 4.98. The summed E-state index contributed by atoms with van der Waals surface area (Å²) >= 11 is 0. The lowest BCUT2D eigenvalue weighted by atomic mass is 10.2. The Hall–Kier alpha value is -1.58. The molecule has 1 fully saturated rings. The average molecular weight is 230 g/mol. The molecule has 17 heavy (non-hydrogen) atoms. The smallest absolute Gasteiger partial charge is 0.243 e. The van der Waals surface area contributed by atoms with Crippen molar-refractivity contribution in [2.75, 3.05) is 5.32 Å². The minimum atomic E-state index is 0.591. The molecule has 1 saturated carbocycles. The van der Waals surface area contributed by atoms with Crippen LogP contribution in [-0.4, -0.2) is 20.6 Å². The third kappa shape index (κ3) is 2.12. The maximum absolute atomic E-state index is 4.47. The molecule has 0 aliphatic heterocycles. The maximum Gasteiger partial charge on any atom is 0.243 e. The zero-order valence-electron chi connectivity index (χ0n) is 10.3. The highest BCUT2D eigenvalue weighted by molar-refractivity contribution is 5.45. The molecule has 0 aromatic carbocycles. The van der Waals surface area contributed by atoms with E-state index in [4.69, 9.17) is 0 Å². The fourth-order valence-electron chi connectivity index (χ4n) is 2.33. The van der Waals surface area contributed by atoms with Crippen molar-refractivity contribution in [1.82, 2.24) is 14.6 Å². The van der Waals surface area contributed by atoms with Crippen molar-refractivity contribution in [3.8, 4) is 0 Å². The van der Waals surface area contributed by atoms with Crippen molar-refractivity contribution in [3.63, 3.8) is 0 Å². The first-order valence-electron chi connectivity index (χ1n) is 6.36. The van der Waals surface area contributed by atoms with E-state index >= 15 is 0 Å². The Kier molecular flexibility index (Phi) is 2.50. The molecule has 1 aliphatic carbocycles. The predicted molar refractivity (Wildman–Crippen MR) is 68.1 cm³/mol. The molecular weight excluding hydrogens is 212 g/mol. The first kappa shape index (κ1) is 10.6. The lowest BCUT2D eigenvalue weighted by molar-refractivity contribution is 0.691. The summed E-state index contributed by atoms with van der Waals surface area (Å²) in [5.74, 6) is 1.59. The van der Waals surface area contributed by atoms with E-state index < -0.39 is 0 Å². The molecule has 0 bridgehead atoms. The van der Waals surface area contributed by atoms with Crippen molar-refractivity contribution in [2.24, 2.45) is 5.92 Å².